The van der Waals surface area contributed by atoms with Gasteiger partial charge in [0.25, 0.3) is 0 Å². The Bertz CT molecular complexity index is 1050. The number of guanidine groups is 1. The summed E-state index contributed by atoms with van der Waals surface area (Å²) in [7, 11) is 1.91. The number of benzene rings is 3. The Labute approximate surface area is 156 Å². The van der Waals surface area contributed by atoms with Crippen LogP contribution in [0.4, 0.5) is 11.4 Å². The highest BCUT2D eigenvalue weighted by molar-refractivity contribution is 6.42. The summed E-state index contributed by atoms with van der Waals surface area (Å²) in [6.07, 6.45) is 4.25. The lowest BCUT2D eigenvalue weighted by Gasteiger charge is -2.21. The van der Waals surface area contributed by atoms with Gasteiger partial charge in [0.1, 0.15) is 0 Å². The van der Waals surface area contributed by atoms with Crippen LogP contribution < -0.4 is 10.6 Å². The van der Waals surface area contributed by atoms with Gasteiger partial charge in [0, 0.05) is 12.6 Å². The van der Waals surface area contributed by atoms with Crippen LogP contribution in [0.25, 0.3) is 22.9 Å². The first kappa shape index (κ1) is 16.0. The van der Waals surface area contributed by atoms with E-state index < -0.39 is 0 Å². The summed E-state index contributed by atoms with van der Waals surface area (Å²) in [6, 6.07) is 15.7. The van der Waals surface area contributed by atoms with Crippen LogP contribution in [0.15, 0.2) is 53.5 Å². The molecular formula is C20H15Cl2N3. The highest BCUT2D eigenvalue weighted by atomic mass is 35.5. The minimum atomic E-state index is 0.381. The minimum Gasteiger partial charge on any atom is -0.369 e. The highest BCUT2D eigenvalue weighted by Crippen LogP contribution is 2.37. The van der Waals surface area contributed by atoms with Gasteiger partial charge in [-0.15, -0.1) is 0 Å². The molecule has 2 N–H and O–H groups in total. The molecule has 0 aromatic heterocycles. The SMILES string of the molecule is CN(C(N)=Nc1ccc(Cl)c(Cl)c1)c1ccc2cccc3c2c1C=C3. The summed E-state index contributed by atoms with van der Waals surface area (Å²) in [5, 5.41) is 3.41. The third-order valence-electron chi connectivity index (χ3n) is 4.38. The zero-order valence-corrected chi connectivity index (χ0v) is 15.0. The number of rotatable bonds is 2. The van der Waals surface area contributed by atoms with Crippen LogP contribution in [0.2, 0.25) is 10.0 Å². The van der Waals surface area contributed by atoms with E-state index >= 15 is 0 Å². The van der Waals surface area contributed by atoms with Gasteiger partial charge < -0.3 is 10.6 Å². The van der Waals surface area contributed by atoms with E-state index in [2.05, 4.69) is 47.5 Å². The maximum Gasteiger partial charge on any atom is 0.200 e. The van der Waals surface area contributed by atoms with Gasteiger partial charge in [-0.05, 0) is 40.6 Å². The molecule has 5 heteroatoms. The fourth-order valence-electron chi connectivity index (χ4n) is 3.08. The van der Waals surface area contributed by atoms with Crippen molar-refractivity contribution in [3.63, 3.8) is 0 Å². The monoisotopic (exact) mass is 367 g/mol. The molecule has 0 amide bonds. The number of hydrogen-bond donors (Lipinski definition) is 1. The molecule has 1 aliphatic carbocycles. The van der Waals surface area contributed by atoms with Crippen molar-refractivity contribution in [1.29, 1.82) is 0 Å². The van der Waals surface area contributed by atoms with Crippen LogP contribution in [0.5, 0.6) is 0 Å². The van der Waals surface area contributed by atoms with E-state index in [1.807, 2.05) is 11.9 Å². The summed E-state index contributed by atoms with van der Waals surface area (Å²) < 4.78 is 0. The molecule has 0 saturated carbocycles. The Hall–Kier alpha value is -2.49. The molecule has 0 heterocycles. The first-order valence-corrected chi connectivity index (χ1v) is 8.57. The van der Waals surface area contributed by atoms with Gasteiger partial charge >= 0.3 is 0 Å². The molecule has 0 fully saturated rings. The molecule has 0 unspecified atom stereocenters. The smallest absolute Gasteiger partial charge is 0.200 e. The predicted octanol–water partition coefficient (Wildman–Crippen LogP) is 5.71. The van der Waals surface area contributed by atoms with Crippen LogP contribution in [0, 0.1) is 0 Å². The van der Waals surface area contributed by atoms with Gasteiger partial charge in [-0.25, -0.2) is 4.99 Å². The summed E-state index contributed by atoms with van der Waals surface area (Å²) in [6.45, 7) is 0. The quantitative estimate of drug-likeness (QED) is 0.364. The molecule has 0 radical (unpaired) electrons. The van der Waals surface area contributed by atoms with Crippen molar-refractivity contribution in [1.82, 2.24) is 0 Å². The number of nitrogens with two attached hydrogens (primary N) is 1. The van der Waals surface area contributed by atoms with Gasteiger partial charge in [-0.2, -0.15) is 0 Å². The molecule has 3 nitrogen and oxygen atoms in total. The topological polar surface area (TPSA) is 41.6 Å². The summed E-state index contributed by atoms with van der Waals surface area (Å²) >= 11 is 12.0. The molecule has 25 heavy (non-hydrogen) atoms. The normalized spacial score (nSPS) is 12.8. The van der Waals surface area contributed by atoms with Crippen molar-refractivity contribution in [2.45, 2.75) is 0 Å². The van der Waals surface area contributed by atoms with Crippen molar-refractivity contribution in [2.75, 3.05) is 11.9 Å². The molecular weight excluding hydrogens is 353 g/mol. The fraction of sp³-hybridized carbons (Fsp3) is 0.0500. The zero-order valence-electron chi connectivity index (χ0n) is 13.5. The first-order valence-electron chi connectivity index (χ1n) is 7.81. The first-order chi connectivity index (χ1) is 12.0. The van der Waals surface area contributed by atoms with Crippen LogP contribution >= 0.6 is 23.2 Å². The zero-order chi connectivity index (χ0) is 17.6. The number of anilines is 1. The van der Waals surface area contributed by atoms with Crippen LogP contribution in [-0.4, -0.2) is 13.0 Å². The molecule has 0 spiro atoms. The molecule has 0 atom stereocenters. The van der Waals surface area contributed by atoms with E-state index in [1.54, 1.807) is 18.2 Å². The van der Waals surface area contributed by atoms with E-state index in [9.17, 15) is 0 Å². The van der Waals surface area contributed by atoms with Gasteiger partial charge in [0.2, 0.25) is 5.96 Å². The van der Waals surface area contributed by atoms with Gasteiger partial charge in [0.15, 0.2) is 0 Å². The van der Waals surface area contributed by atoms with E-state index in [1.165, 1.54) is 16.3 Å². The second-order valence-electron chi connectivity index (χ2n) is 5.90. The Morgan fingerprint density at radius 3 is 2.64 bits per heavy atom. The molecule has 124 valence electrons. The standard InChI is InChI=1S/C20H15Cl2N3/c1-25(20(23)24-14-7-9-16(21)17(22)11-14)18-10-6-13-4-2-3-12-5-8-15(18)19(12)13/h2-11H,1H3,(H2,23,24). The maximum atomic E-state index is 6.23. The van der Waals surface area contributed by atoms with Crippen LogP contribution in [0.3, 0.4) is 0 Å². The highest BCUT2D eigenvalue weighted by Gasteiger charge is 2.16. The van der Waals surface area contributed by atoms with E-state index in [0.29, 0.717) is 21.7 Å². The largest absolute Gasteiger partial charge is 0.369 e. The van der Waals surface area contributed by atoms with Gasteiger partial charge in [-0.3, -0.25) is 0 Å². The van der Waals surface area contributed by atoms with E-state index in [-0.39, 0.29) is 0 Å². The summed E-state index contributed by atoms with van der Waals surface area (Å²) in [4.78, 5) is 6.34. The number of halogens is 2. The average molecular weight is 368 g/mol. The minimum absolute atomic E-state index is 0.381. The van der Waals surface area contributed by atoms with Crippen molar-refractivity contribution in [3.8, 4) is 0 Å². The Balaban J connectivity index is 1.75. The van der Waals surface area contributed by atoms with Crippen molar-refractivity contribution in [3.05, 3.63) is 69.7 Å². The lowest BCUT2D eigenvalue weighted by Crippen LogP contribution is -2.34. The van der Waals surface area contributed by atoms with Crippen LogP contribution in [-0.2, 0) is 0 Å². The molecule has 1 aliphatic rings. The molecule has 3 aromatic rings. The molecule has 0 saturated heterocycles. The Morgan fingerprint density at radius 2 is 1.84 bits per heavy atom. The third kappa shape index (κ3) is 2.76. The number of hydrogen-bond acceptors (Lipinski definition) is 1. The van der Waals surface area contributed by atoms with Crippen molar-refractivity contribution < 1.29 is 0 Å². The Kier molecular flexibility index (Phi) is 3.91. The van der Waals surface area contributed by atoms with Gasteiger partial charge in [-0.1, -0.05) is 59.6 Å². The average Bonchev–Trinajstić information content (AvgIpc) is 3.04. The van der Waals surface area contributed by atoms with Crippen LogP contribution in [0.1, 0.15) is 11.1 Å². The molecule has 3 aromatic carbocycles. The Morgan fingerprint density at radius 1 is 1.00 bits per heavy atom. The number of aliphatic imine (C=N–C) groups is 1. The lowest BCUT2D eigenvalue weighted by molar-refractivity contribution is 1.22. The van der Waals surface area contributed by atoms with E-state index in [0.717, 1.165) is 11.3 Å². The van der Waals surface area contributed by atoms with Gasteiger partial charge in [0.05, 0.1) is 21.4 Å². The lowest BCUT2D eigenvalue weighted by atomic mass is 10.0. The third-order valence-corrected chi connectivity index (χ3v) is 5.12. The molecule has 4 rings (SSSR count). The molecule has 0 bridgehead atoms. The maximum absolute atomic E-state index is 6.23. The second-order valence-corrected chi connectivity index (χ2v) is 6.72. The van der Waals surface area contributed by atoms with Crippen molar-refractivity contribution in [2.24, 2.45) is 10.7 Å². The van der Waals surface area contributed by atoms with Crippen molar-refractivity contribution >= 4 is 63.5 Å². The summed E-state index contributed by atoms with van der Waals surface area (Å²) in [5.41, 5.74) is 10.3. The van der Waals surface area contributed by atoms with E-state index in [4.69, 9.17) is 28.9 Å². The fourth-order valence-corrected chi connectivity index (χ4v) is 3.38. The predicted molar refractivity (Wildman–Crippen MR) is 109 cm³/mol. The second kappa shape index (κ2) is 6.10. The summed E-state index contributed by atoms with van der Waals surface area (Å²) in [5.74, 6) is 0.381. The number of nitrogens with zero attached hydrogens (tertiary/aromatic N) is 2. The molecule has 0 aliphatic heterocycles.